The van der Waals surface area contributed by atoms with Crippen LogP contribution in [0.4, 0.5) is 27.5 Å². The van der Waals surface area contributed by atoms with Gasteiger partial charge in [0.15, 0.2) is 0 Å². The molecule has 0 atom stereocenters. The Morgan fingerprint density at radius 1 is 0.833 bits per heavy atom. The number of nitrogens with one attached hydrogen (secondary N) is 2. The predicted molar refractivity (Wildman–Crippen MR) is 95.7 cm³/mol. The molecule has 1 heterocycles. The minimum absolute atomic E-state index is 0.304. The first-order valence-corrected chi connectivity index (χ1v) is 7.73. The number of aromatic nitrogens is 2. The van der Waals surface area contributed by atoms with E-state index < -0.39 is 0 Å². The first-order chi connectivity index (χ1) is 11.5. The molecule has 0 bridgehead atoms. The molecule has 4 nitrogen and oxygen atoms in total. The molecule has 122 valence electrons. The maximum absolute atomic E-state index is 13.3. The van der Waals surface area contributed by atoms with Crippen LogP contribution in [0.3, 0.4) is 0 Å². The lowest BCUT2D eigenvalue weighted by Crippen LogP contribution is -2.04. The molecule has 0 saturated heterocycles. The maximum Gasteiger partial charge on any atom is 0.229 e. The molecule has 0 unspecified atom stereocenters. The van der Waals surface area contributed by atoms with Gasteiger partial charge in [-0.05, 0) is 50.1 Å². The lowest BCUT2D eigenvalue weighted by atomic mass is 10.1. The molecule has 3 aromatic rings. The Balaban J connectivity index is 1.89. The van der Waals surface area contributed by atoms with E-state index in [0.717, 1.165) is 22.5 Å². The Morgan fingerprint density at radius 2 is 1.54 bits per heavy atom. The van der Waals surface area contributed by atoms with Crippen molar-refractivity contribution in [2.45, 2.75) is 20.8 Å². The molecule has 0 saturated carbocycles. The Kier molecular flexibility index (Phi) is 4.42. The smallest absolute Gasteiger partial charge is 0.229 e. The maximum atomic E-state index is 13.3. The van der Waals surface area contributed by atoms with E-state index in [9.17, 15) is 4.39 Å². The molecule has 5 heteroatoms. The largest absolute Gasteiger partial charge is 0.340 e. The zero-order valence-corrected chi connectivity index (χ0v) is 13.9. The molecule has 24 heavy (non-hydrogen) atoms. The van der Waals surface area contributed by atoms with Gasteiger partial charge in [-0.2, -0.15) is 4.98 Å². The van der Waals surface area contributed by atoms with Gasteiger partial charge in [0.1, 0.15) is 11.6 Å². The number of nitrogens with zero attached hydrogens (tertiary/aromatic N) is 2. The van der Waals surface area contributed by atoms with Gasteiger partial charge in [-0.1, -0.05) is 24.3 Å². The van der Waals surface area contributed by atoms with Gasteiger partial charge in [0.05, 0.1) is 0 Å². The summed E-state index contributed by atoms with van der Waals surface area (Å²) in [4.78, 5) is 8.84. The lowest BCUT2D eigenvalue weighted by molar-refractivity contribution is 0.628. The number of benzene rings is 2. The van der Waals surface area contributed by atoms with E-state index in [4.69, 9.17) is 0 Å². The average molecular weight is 322 g/mol. The van der Waals surface area contributed by atoms with Gasteiger partial charge in [0.2, 0.25) is 5.95 Å². The van der Waals surface area contributed by atoms with Crippen molar-refractivity contribution in [3.05, 3.63) is 71.2 Å². The van der Waals surface area contributed by atoms with Crippen LogP contribution in [0.1, 0.15) is 16.8 Å². The fourth-order valence-electron chi connectivity index (χ4n) is 2.52. The number of para-hydroxylation sites is 1. The van der Waals surface area contributed by atoms with Gasteiger partial charge in [-0.3, -0.25) is 0 Å². The highest BCUT2D eigenvalue weighted by atomic mass is 19.1. The minimum atomic E-state index is -0.304. The summed E-state index contributed by atoms with van der Waals surface area (Å²) < 4.78 is 13.3. The number of hydrogen-bond donors (Lipinski definition) is 2. The third kappa shape index (κ3) is 3.68. The van der Waals surface area contributed by atoms with Crippen LogP contribution in [0.15, 0.2) is 48.5 Å². The van der Waals surface area contributed by atoms with E-state index in [2.05, 4.69) is 46.6 Å². The molecule has 2 aromatic carbocycles. The Morgan fingerprint density at radius 3 is 2.25 bits per heavy atom. The van der Waals surface area contributed by atoms with Crippen LogP contribution in [0.25, 0.3) is 0 Å². The zero-order chi connectivity index (χ0) is 17.1. The normalized spacial score (nSPS) is 10.5. The first kappa shape index (κ1) is 15.9. The summed E-state index contributed by atoms with van der Waals surface area (Å²) in [7, 11) is 0. The van der Waals surface area contributed by atoms with Crippen molar-refractivity contribution in [1.82, 2.24) is 9.97 Å². The Hall–Kier alpha value is -2.95. The number of aryl methyl sites for hydroxylation is 3. The molecular weight excluding hydrogens is 303 g/mol. The van der Waals surface area contributed by atoms with E-state index in [1.54, 1.807) is 12.1 Å². The number of rotatable bonds is 4. The van der Waals surface area contributed by atoms with E-state index in [-0.39, 0.29) is 5.82 Å². The molecule has 0 aliphatic heterocycles. The molecule has 1 aromatic heterocycles. The number of anilines is 4. The second-order valence-electron chi connectivity index (χ2n) is 5.75. The van der Waals surface area contributed by atoms with Crippen LogP contribution < -0.4 is 10.6 Å². The van der Waals surface area contributed by atoms with E-state index in [1.807, 2.05) is 19.1 Å². The lowest BCUT2D eigenvalue weighted by Gasteiger charge is -2.13. The van der Waals surface area contributed by atoms with Crippen LogP contribution in [0, 0.1) is 26.6 Å². The number of halogens is 1. The van der Waals surface area contributed by atoms with Crippen LogP contribution in [0.2, 0.25) is 0 Å². The van der Waals surface area contributed by atoms with Crippen LogP contribution in [-0.2, 0) is 0 Å². The quantitative estimate of drug-likeness (QED) is 0.707. The molecule has 0 amide bonds. The third-order valence-corrected chi connectivity index (χ3v) is 3.67. The molecule has 3 rings (SSSR count). The van der Waals surface area contributed by atoms with Crippen molar-refractivity contribution in [3.63, 3.8) is 0 Å². The molecular formula is C19H19FN4. The highest BCUT2D eigenvalue weighted by molar-refractivity contribution is 5.65. The summed E-state index contributed by atoms with van der Waals surface area (Å²) in [6.07, 6.45) is 0. The fourth-order valence-corrected chi connectivity index (χ4v) is 2.52. The predicted octanol–water partition coefficient (Wildman–Crippen LogP) is 5.03. The first-order valence-electron chi connectivity index (χ1n) is 7.73. The van der Waals surface area contributed by atoms with Crippen molar-refractivity contribution in [3.8, 4) is 0 Å². The summed E-state index contributed by atoms with van der Waals surface area (Å²) in [6, 6.07) is 14.2. The summed E-state index contributed by atoms with van der Waals surface area (Å²) in [6.45, 7) is 6.00. The zero-order valence-electron chi connectivity index (χ0n) is 13.9. The second-order valence-corrected chi connectivity index (χ2v) is 5.75. The third-order valence-electron chi connectivity index (χ3n) is 3.67. The molecule has 0 radical (unpaired) electrons. The highest BCUT2D eigenvalue weighted by Crippen LogP contribution is 2.24. The van der Waals surface area contributed by atoms with E-state index in [1.165, 1.54) is 12.1 Å². The minimum Gasteiger partial charge on any atom is -0.340 e. The van der Waals surface area contributed by atoms with Gasteiger partial charge in [-0.15, -0.1) is 0 Å². The average Bonchev–Trinajstić information content (AvgIpc) is 2.50. The van der Waals surface area contributed by atoms with Gasteiger partial charge < -0.3 is 10.6 Å². The standard InChI is InChI=1S/C19H19FN4/c1-12-6-4-7-13(2)18(12)23-17-10-14(3)21-19(24-17)22-16-9-5-8-15(20)11-16/h4-11H,1-3H3,(H2,21,22,23,24). The van der Waals surface area contributed by atoms with Gasteiger partial charge in [0.25, 0.3) is 0 Å². The van der Waals surface area contributed by atoms with Crippen LogP contribution in [-0.4, -0.2) is 9.97 Å². The van der Waals surface area contributed by atoms with Gasteiger partial charge in [-0.25, -0.2) is 9.37 Å². The van der Waals surface area contributed by atoms with Crippen LogP contribution >= 0.6 is 0 Å². The summed E-state index contributed by atoms with van der Waals surface area (Å²) in [5.41, 5.74) is 4.75. The van der Waals surface area contributed by atoms with E-state index in [0.29, 0.717) is 17.5 Å². The van der Waals surface area contributed by atoms with Crippen molar-refractivity contribution in [2.75, 3.05) is 10.6 Å². The topological polar surface area (TPSA) is 49.8 Å². The monoisotopic (exact) mass is 322 g/mol. The highest BCUT2D eigenvalue weighted by Gasteiger charge is 2.07. The summed E-state index contributed by atoms with van der Waals surface area (Å²) >= 11 is 0. The SMILES string of the molecule is Cc1cc(Nc2c(C)cccc2C)nc(Nc2cccc(F)c2)n1. The Labute approximate surface area is 140 Å². The fraction of sp³-hybridized carbons (Fsp3) is 0.158. The van der Waals surface area contributed by atoms with Gasteiger partial charge >= 0.3 is 0 Å². The molecule has 0 aliphatic rings. The van der Waals surface area contributed by atoms with Crippen molar-refractivity contribution < 1.29 is 4.39 Å². The van der Waals surface area contributed by atoms with E-state index >= 15 is 0 Å². The summed E-state index contributed by atoms with van der Waals surface area (Å²) in [5, 5.41) is 6.39. The molecule has 0 aliphatic carbocycles. The van der Waals surface area contributed by atoms with Crippen molar-refractivity contribution in [1.29, 1.82) is 0 Å². The molecule has 2 N–H and O–H groups in total. The Bertz CT molecular complexity index is 857. The molecule has 0 fully saturated rings. The number of hydrogen-bond acceptors (Lipinski definition) is 4. The van der Waals surface area contributed by atoms with Crippen LogP contribution in [0.5, 0.6) is 0 Å². The van der Waals surface area contributed by atoms with Gasteiger partial charge in [0, 0.05) is 23.1 Å². The second kappa shape index (κ2) is 6.66. The molecule has 0 spiro atoms. The summed E-state index contributed by atoms with van der Waals surface area (Å²) in [5.74, 6) is 0.815. The van der Waals surface area contributed by atoms with Crippen molar-refractivity contribution >= 4 is 23.1 Å². The van der Waals surface area contributed by atoms with Crippen molar-refractivity contribution in [2.24, 2.45) is 0 Å².